The summed E-state index contributed by atoms with van der Waals surface area (Å²) in [5.74, 6) is 0.0133. The van der Waals surface area contributed by atoms with Gasteiger partial charge in [0, 0.05) is 42.0 Å². The maximum absolute atomic E-state index is 13.0. The third-order valence-corrected chi connectivity index (χ3v) is 7.23. The van der Waals surface area contributed by atoms with Crippen LogP contribution in [0.4, 0.5) is 0 Å². The Hall–Kier alpha value is -2.28. The van der Waals surface area contributed by atoms with Gasteiger partial charge in [0.25, 0.3) is 0 Å². The zero-order valence-electron chi connectivity index (χ0n) is 15.9. The average molecular weight is 428 g/mol. The first-order valence-corrected chi connectivity index (χ1v) is 11.6. The SMILES string of the molecule is O=S(=O)(Cc1ccccc1)N1CCCC(c2nccnc2-c2cccc(Cl)c2)C1. The summed E-state index contributed by atoms with van der Waals surface area (Å²) in [7, 11) is -3.40. The van der Waals surface area contributed by atoms with E-state index < -0.39 is 10.0 Å². The zero-order chi connectivity index (χ0) is 20.3. The fraction of sp³-hybridized carbons (Fsp3) is 0.273. The summed E-state index contributed by atoms with van der Waals surface area (Å²) in [6, 6.07) is 16.8. The van der Waals surface area contributed by atoms with Gasteiger partial charge in [-0.25, -0.2) is 12.7 Å². The van der Waals surface area contributed by atoms with Gasteiger partial charge in [0.05, 0.1) is 17.1 Å². The van der Waals surface area contributed by atoms with Crippen LogP contribution < -0.4 is 0 Å². The Labute approximate surface area is 176 Å². The maximum Gasteiger partial charge on any atom is 0.218 e. The summed E-state index contributed by atoms with van der Waals surface area (Å²) in [6.07, 6.45) is 5.00. The third-order valence-electron chi connectivity index (χ3n) is 5.18. The molecular weight excluding hydrogens is 406 g/mol. The number of piperidine rings is 1. The number of benzene rings is 2. The molecule has 0 aliphatic carbocycles. The molecule has 0 saturated carbocycles. The zero-order valence-corrected chi connectivity index (χ0v) is 17.5. The van der Waals surface area contributed by atoms with Crippen molar-refractivity contribution in [3.8, 4) is 11.3 Å². The molecule has 7 heteroatoms. The molecule has 150 valence electrons. The Balaban J connectivity index is 1.60. The summed E-state index contributed by atoms with van der Waals surface area (Å²) >= 11 is 6.16. The van der Waals surface area contributed by atoms with E-state index in [1.165, 1.54) is 0 Å². The van der Waals surface area contributed by atoms with E-state index in [0.717, 1.165) is 35.4 Å². The summed E-state index contributed by atoms with van der Waals surface area (Å²) in [4.78, 5) is 9.11. The van der Waals surface area contributed by atoms with Crippen molar-refractivity contribution in [1.82, 2.24) is 14.3 Å². The lowest BCUT2D eigenvalue weighted by atomic mass is 9.92. The van der Waals surface area contributed by atoms with Crippen LogP contribution in [0.15, 0.2) is 67.0 Å². The predicted octanol–water partition coefficient (Wildman–Crippen LogP) is 4.51. The molecule has 1 aliphatic rings. The van der Waals surface area contributed by atoms with Crippen molar-refractivity contribution < 1.29 is 8.42 Å². The third kappa shape index (κ3) is 4.66. The molecule has 2 aromatic carbocycles. The molecule has 2 heterocycles. The Morgan fingerprint density at radius 1 is 1.03 bits per heavy atom. The second kappa shape index (κ2) is 8.61. The van der Waals surface area contributed by atoms with E-state index in [0.29, 0.717) is 18.1 Å². The van der Waals surface area contributed by atoms with Crippen LogP contribution in [0.1, 0.15) is 30.0 Å². The second-order valence-corrected chi connectivity index (χ2v) is 9.64. The van der Waals surface area contributed by atoms with Crippen LogP contribution in [0.5, 0.6) is 0 Å². The first kappa shape index (κ1) is 20.0. The number of sulfonamides is 1. The molecule has 0 spiro atoms. The minimum atomic E-state index is -3.40. The van der Waals surface area contributed by atoms with Crippen molar-refractivity contribution in [3.63, 3.8) is 0 Å². The number of halogens is 1. The van der Waals surface area contributed by atoms with Crippen molar-refractivity contribution in [2.24, 2.45) is 0 Å². The quantitative estimate of drug-likeness (QED) is 0.601. The van der Waals surface area contributed by atoms with Gasteiger partial charge in [-0.2, -0.15) is 0 Å². The van der Waals surface area contributed by atoms with E-state index in [4.69, 9.17) is 11.6 Å². The summed E-state index contributed by atoms with van der Waals surface area (Å²) in [6.45, 7) is 0.958. The second-order valence-electron chi connectivity index (χ2n) is 7.24. The van der Waals surface area contributed by atoms with Gasteiger partial charge in [0.15, 0.2) is 0 Å². The van der Waals surface area contributed by atoms with Gasteiger partial charge in [-0.05, 0) is 30.5 Å². The molecule has 29 heavy (non-hydrogen) atoms. The van der Waals surface area contributed by atoms with E-state index in [2.05, 4.69) is 9.97 Å². The molecule has 0 N–H and O–H groups in total. The van der Waals surface area contributed by atoms with Crippen LogP contribution in [0.25, 0.3) is 11.3 Å². The Morgan fingerprint density at radius 2 is 1.83 bits per heavy atom. The normalized spacial score (nSPS) is 17.9. The molecule has 1 aromatic heterocycles. The lowest BCUT2D eigenvalue weighted by Gasteiger charge is -2.32. The van der Waals surface area contributed by atoms with Crippen LogP contribution in [0, 0.1) is 0 Å². The van der Waals surface area contributed by atoms with Crippen molar-refractivity contribution in [2.45, 2.75) is 24.5 Å². The summed E-state index contributed by atoms with van der Waals surface area (Å²) in [5, 5.41) is 0.634. The first-order chi connectivity index (χ1) is 14.0. The molecule has 4 rings (SSSR count). The van der Waals surface area contributed by atoms with E-state index in [1.807, 2.05) is 54.6 Å². The molecule has 0 amide bonds. The fourth-order valence-electron chi connectivity index (χ4n) is 3.80. The van der Waals surface area contributed by atoms with Crippen LogP contribution in [-0.2, 0) is 15.8 Å². The van der Waals surface area contributed by atoms with Crippen LogP contribution in [0.2, 0.25) is 5.02 Å². The molecule has 0 radical (unpaired) electrons. The fourth-order valence-corrected chi connectivity index (χ4v) is 5.60. The van der Waals surface area contributed by atoms with E-state index in [1.54, 1.807) is 16.7 Å². The topological polar surface area (TPSA) is 63.2 Å². The summed E-state index contributed by atoms with van der Waals surface area (Å²) in [5.41, 5.74) is 3.29. The van der Waals surface area contributed by atoms with Crippen LogP contribution in [0.3, 0.4) is 0 Å². The van der Waals surface area contributed by atoms with Crippen molar-refractivity contribution in [3.05, 3.63) is 83.3 Å². The Morgan fingerprint density at radius 3 is 2.62 bits per heavy atom. The van der Waals surface area contributed by atoms with Gasteiger partial charge in [-0.15, -0.1) is 0 Å². The molecule has 1 fully saturated rings. The molecule has 5 nitrogen and oxygen atoms in total. The minimum absolute atomic E-state index is 0.00280. The largest absolute Gasteiger partial charge is 0.257 e. The molecule has 1 unspecified atom stereocenters. The van der Waals surface area contributed by atoms with Crippen LogP contribution >= 0.6 is 11.6 Å². The lowest BCUT2D eigenvalue weighted by Crippen LogP contribution is -2.40. The lowest BCUT2D eigenvalue weighted by molar-refractivity contribution is 0.312. The molecule has 3 aromatic rings. The van der Waals surface area contributed by atoms with Crippen LogP contribution in [-0.4, -0.2) is 35.8 Å². The average Bonchev–Trinajstić information content (AvgIpc) is 2.74. The highest BCUT2D eigenvalue weighted by Gasteiger charge is 2.31. The number of hydrogen-bond donors (Lipinski definition) is 0. The number of rotatable bonds is 5. The number of nitrogens with zero attached hydrogens (tertiary/aromatic N) is 3. The van der Waals surface area contributed by atoms with Crippen molar-refractivity contribution >= 4 is 21.6 Å². The molecular formula is C22H22ClN3O2S. The van der Waals surface area contributed by atoms with Gasteiger partial charge < -0.3 is 0 Å². The molecule has 0 bridgehead atoms. The number of hydrogen-bond acceptors (Lipinski definition) is 4. The van der Waals surface area contributed by atoms with E-state index in [9.17, 15) is 8.42 Å². The first-order valence-electron chi connectivity index (χ1n) is 9.61. The van der Waals surface area contributed by atoms with Gasteiger partial charge in [-0.1, -0.05) is 54.1 Å². The highest BCUT2D eigenvalue weighted by molar-refractivity contribution is 7.88. The molecule has 1 atom stereocenters. The highest BCUT2D eigenvalue weighted by atomic mass is 35.5. The van der Waals surface area contributed by atoms with E-state index >= 15 is 0 Å². The Bertz CT molecular complexity index is 1090. The van der Waals surface area contributed by atoms with Gasteiger partial charge >= 0.3 is 0 Å². The molecule has 1 aliphatic heterocycles. The smallest absolute Gasteiger partial charge is 0.218 e. The monoisotopic (exact) mass is 427 g/mol. The van der Waals surface area contributed by atoms with Gasteiger partial charge in [0.2, 0.25) is 10.0 Å². The minimum Gasteiger partial charge on any atom is -0.257 e. The maximum atomic E-state index is 13.0. The predicted molar refractivity (Wildman–Crippen MR) is 115 cm³/mol. The van der Waals surface area contributed by atoms with E-state index in [-0.39, 0.29) is 11.7 Å². The summed E-state index contributed by atoms with van der Waals surface area (Å²) < 4.78 is 27.6. The van der Waals surface area contributed by atoms with Gasteiger partial charge in [0.1, 0.15) is 0 Å². The highest BCUT2D eigenvalue weighted by Crippen LogP contribution is 2.33. The standard InChI is InChI=1S/C22H22ClN3O2S/c23-20-10-4-8-18(14-20)21-22(25-12-11-24-21)19-9-5-13-26(15-19)29(27,28)16-17-6-2-1-3-7-17/h1-4,6-8,10-12,14,19H,5,9,13,15-16H2. The van der Waals surface area contributed by atoms with Crippen molar-refractivity contribution in [2.75, 3.05) is 13.1 Å². The Kier molecular flexibility index (Phi) is 5.94. The van der Waals surface area contributed by atoms with Crippen molar-refractivity contribution in [1.29, 1.82) is 0 Å². The molecule has 1 saturated heterocycles. The van der Waals surface area contributed by atoms with Gasteiger partial charge in [-0.3, -0.25) is 9.97 Å². The number of aromatic nitrogens is 2.